The van der Waals surface area contributed by atoms with Crippen LogP contribution in [0.5, 0.6) is 11.5 Å². The summed E-state index contributed by atoms with van der Waals surface area (Å²) in [6.07, 6.45) is 14.6. The molecule has 1 amide bonds. The lowest BCUT2D eigenvalue weighted by atomic mass is 9.59. The van der Waals surface area contributed by atoms with E-state index in [0.29, 0.717) is 54.8 Å². The van der Waals surface area contributed by atoms with E-state index in [4.69, 9.17) is 4.74 Å². The number of aromatic nitrogens is 4. The molecule has 4 N–H and O–H groups in total. The van der Waals surface area contributed by atoms with Gasteiger partial charge in [0.25, 0.3) is 21.6 Å². The van der Waals surface area contributed by atoms with Crippen molar-refractivity contribution < 1.29 is 28.0 Å². The number of amides is 1. The number of nitro groups is 1. The number of aromatic amines is 1. The minimum Gasteiger partial charge on any atom is -0.455 e. The average molecular weight is 1030 g/mol. The van der Waals surface area contributed by atoms with Crippen LogP contribution in [-0.2, 0) is 16.6 Å². The highest BCUT2D eigenvalue weighted by atomic mass is 32.2. The van der Waals surface area contributed by atoms with Gasteiger partial charge in [-0.25, -0.2) is 18.1 Å². The molecule has 0 bridgehead atoms. The molecular weight excluding hydrogens is 957 g/mol. The Morgan fingerprint density at radius 3 is 2.46 bits per heavy atom. The van der Waals surface area contributed by atoms with Gasteiger partial charge in [-0.05, 0) is 137 Å². The lowest BCUT2D eigenvalue weighted by Gasteiger charge is -2.58. The molecule has 0 radical (unpaired) electrons. The average Bonchev–Trinajstić information content (AvgIpc) is 4.05. The number of nitro benzene ring substituents is 1. The lowest BCUT2D eigenvalue weighted by molar-refractivity contribution is -0.384. The predicted octanol–water partition coefficient (Wildman–Crippen LogP) is 9.94. The molecule has 1 spiro atoms. The number of ether oxygens (including phenoxy) is 1. The third kappa shape index (κ3) is 11.0. The quantitative estimate of drug-likeness (QED) is 0.0527. The Kier molecular flexibility index (Phi) is 14.4. The summed E-state index contributed by atoms with van der Waals surface area (Å²) in [4.78, 5) is 40.5. The summed E-state index contributed by atoms with van der Waals surface area (Å²) < 4.78 is 38.3. The fourth-order valence-corrected chi connectivity index (χ4v) is 12.9. The Morgan fingerprint density at radius 1 is 0.959 bits per heavy atom. The number of sulfonamides is 1. The Bertz CT molecular complexity index is 3110. The van der Waals surface area contributed by atoms with E-state index in [9.17, 15) is 28.4 Å². The summed E-state index contributed by atoms with van der Waals surface area (Å²) in [7, 11) is -4.59. The van der Waals surface area contributed by atoms with Crippen LogP contribution in [0.25, 0.3) is 11.0 Å². The first-order valence-corrected chi connectivity index (χ1v) is 27.8. The van der Waals surface area contributed by atoms with E-state index in [1.165, 1.54) is 28.8 Å². The maximum Gasteiger partial charge on any atom is 0.293 e. The maximum absolute atomic E-state index is 14.1. The van der Waals surface area contributed by atoms with E-state index in [1.54, 1.807) is 30.6 Å². The molecule has 1 atom stereocenters. The van der Waals surface area contributed by atoms with Crippen molar-refractivity contribution in [2.45, 2.75) is 127 Å². The van der Waals surface area contributed by atoms with Crippen LogP contribution in [0.15, 0.2) is 102 Å². The zero-order valence-electron chi connectivity index (χ0n) is 43.2. The van der Waals surface area contributed by atoms with Gasteiger partial charge < -0.3 is 25.0 Å². The number of nitrogens with one attached hydrogen (secondary N) is 3. The number of benzene rings is 3. The minimum absolute atomic E-state index is 0.0274. The molecule has 2 aliphatic heterocycles. The van der Waals surface area contributed by atoms with Crippen LogP contribution in [0.2, 0.25) is 0 Å². The molecule has 10 rings (SSSR count). The molecule has 1 unspecified atom stereocenters. The minimum atomic E-state index is -4.59. The van der Waals surface area contributed by atoms with E-state index in [0.717, 1.165) is 94.9 Å². The van der Waals surface area contributed by atoms with Crippen molar-refractivity contribution in [3.05, 3.63) is 130 Å². The first-order chi connectivity index (χ1) is 35.4. The number of piperazine rings is 1. The number of carbonyl (C=O) groups is 1. The molecular formula is C56H70N10O7S. The summed E-state index contributed by atoms with van der Waals surface area (Å²) in [5.74, 6) is 0.176. The number of hydrogen-bond acceptors (Lipinski definition) is 13. The molecule has 18 heteroatoms. The highest BCUT2D eigenvalue weighted by molar-refractivity contribution is 7.90. The first-order valence-electron chi connectivity index (χ1n) is 26.3. The molecule has 4 fully saturated rings. The molecule has 3 aromatic carbocycles. The number of piperidine rings is 1. The highest BCUT2D eigenvalue weighted by Crippen LogP contribution is 2.53. The number of anilines is 2. The van der Waals surface area contributed by atoms with Gasteiger partial charge in [-0.2, -0.15) is 5.10 Å². The van der Waals surface area contributed by atoms with Gasteiger partial charge in [-0.3, -0.25) is 29.4 Å². The number of aliphatic hydroxyl groups is 1. The molecule has 74 heavy (non-hydrogen) atoms. The van der Waals surface area contributed by atoms with Crippen LogP contribution in [0.3, 0.4) is 0 Å². The van der Waals surface area contributed by atoms with Crippen LogP contribution in [-0.4, -0.2) is 105 Å². The summed E-state index contributed by atoms with van der Waals surface area (Å²) in [6.45, 7) is 16.6. The van der Waals surface area contributed by atoms with Gasteiger partial charge in [0, 0.05) is 105 Å². The van der Waals surface area contributed by atoms with Crippen molar-refractivity contribution in [1.29, 1.82) is 0 Å². The van der Waals surface area contributed by atoms with E-state index < -0.39 is 37.0 Å². The largest absolute Gasteiger partial charge is 0.455 e. The van der Waals surface area contributed by atoms with Crippen molar-refractivity contribution in [1.82, 2.24) is 34.3 Å². The van der Waals surface area contributed by atoms with Crippen LogP contribution in [0.1, 0.15) is 131 Å². The van der Waals surface area contributed by atoms with Gasteiger partial charge in [0.1, 0.15) is 22.8 Å². The smallest absolute Gasteiger partial charge is 0.293 e. The van der Waals surface area contributed by atoms with Crippen molar-refractivity contribution in [2.75, 3.05) is 49.5 Å². The number of pyridine rings is 1. The molecule has 4 aliphatic rings. The van der Waals surface area contributed by atoms with Gasteiger partial charge in [-0.1, -0.05) is 38.1 Å². The van der Waals surface area contributed by atoms with Crippen molar-refractivity contribution in [2.24, 2.45) is 11.3 Å². The third-order valence-electron chi connectivity index (χ3n) is 16.3. The van der Waals surface area contributed by atoms with Gasteiger partial charge in [-0.15, -0.1) is 0 Å². The molecule has 17 nitrogen and oxygen atoms in total. The summed E-state index contributed by atoms with van der Waals surface area (Å²) in [6, 6.07) is 22.5. The number of nitrogens with zero attached hydrogens (tertiary/aromatic N) is 7. The zero-order chi connectivity index (χ0) is 51.9. The second kappa shape index (κ2) is 20.8. The molecule has 6 aromatic rings. The number of fused-ring (bicyclic) bond motifs is 1. The fraction of sp³-hybridized carbons (Fsp3) is 0.482. The first kappa shape index (κ1) is 51.2. The van der Waals surface area contributed by atoms with E-state index in [1.807, 2.05) is 29.9 Å². The van der Waals surface area contributed by atoms with Crippen molar-refractivity contribution in [3.8, 4) is 11.5 Å². The Balaban J connectivity index is 0.830. The van der Waals surface area contributed by atoms with Gasteiger partial charge in [0.05, 0.1) is 33.4 Å². The Hall–Kier alpha value is -6.34. The van der Waals surface area contributed by atoms with E-state index in [2.05, 4.69) is 98.0 Å². The second-order valence-electron chi connectivity index (χ2n) is 22.3. The van der Waals surface area contributed by atoms with Gasteiger partial charge >= 0.3 is 0 Å². The van der Waals surface area contributed by atoms with Crippen LogP contribution < -0.4 is 19.7 Å². The normalized spacial score (nSPS) is 21.8. The molecule has 2 saturated heterocycles. The topological polar surface area (TPSA) is 204 Å². The molecule has 392 valence electrons. The number of H-pyrrole nitrogens is 1. The van der Waals surface area contributed by atoms with Crippen LogP contribution in [0, 0.1) is 21.4 Å². The standard InChI is InChI=1S/C56H70N10O7S/c1-37(2)46-8-6-7-9-47(46)51-36-62(34-40-32-60-65(35-40)38(3)4)24-25-64(51)43-29-56(30-43)19-22-63(23-20-56)42-10-12-48(52(27-42)73-44-26-41-16-21-57-53(41)59-33-44)54(67)61-74(71,72)45-11-13-49(50(28-45)66(69)70)58-31-39-14-17-55(5,68)18-15-39/h6-13,16,21,26-28,32-33,35,37-39,43,51,58,68H,14-15,17-20,22-25,29-31,34,36H2,1-5H3,(H,57,59)(H,61,67)/t39-,51?,55-. The van der Waals surface area contributed by atoms with Crippen molar-refractivity contribution in [3.63, 3.8) is 0 Å². The lowest BCUT2D eigenvalue weighted by Crippen LogP contribution is -2.60. The summed E-state index contributed by atoms with van der Waals surface area (Å²) in [5, 5.41) is 31.1. The monoisotopic (exact) mass is 1030 g/mol. The summed E-state index contributed by atoms with van der Waals surface area (Å²) in [5.41, 5.74) is 4.86. The Labute approximate surface area is 433 Å². The highest BCUT2D eigenvalue weighted by Gasteiger charge is 2.50. The number of carbonyl (C=O) groups excluding carboxylic acids is 1. The van der Waals surface area contributed by atoms with Gasteiger partial charge in [0.15, 0.2) is 0 Å². The van der Waals surface area contributed by atoms with Gasteiger partial charge in [0.2, 0.25) is 0 Å². The molecule has 3 aromatic heterocycles. The van der Waals surface area contributed by atoms with Crippen LogP contribution >= 0.6 is 0 Å². The van der Waals surface area contributed by atoms with E-state index in [-0.39, 0.29) is 28.3 Å². The SMILES string of the molecule is CC(C)c1ccccc1C1CN(Cc2cnn(C(C)C)c2)CCN1C1CC2(CCN(c3ccc(C(=O)NS(=O)(=O)c4ccc(NC[C@H]5CC[C@](C)(O)CC5)c([N+](=O)[O-])c4)c(Oc4cnc5[nH]ccc5c4)c3)CC2)C1. The Morgan fingerprint density at radius 2 is 1.73 bits per heavy atom. The maximum atomic E-state index is 14.1. The third-order valence-corrected chi connectivity index (χ3v) is 17.7. The second-order valence-corrected chi connectivity index (χ2v) is 24.0. The fourth-order valence-electron chi connectivity index (χ4n) is 11.9. The zero-order valence-corrected chi connectivity index (χ0v) is 44.0. The number of hydrogen-bond donors (Lipinski definition) is 4. The molecule has 5 heterocycles. The summed E-state index contributed by atoms with van der Waals surface area (Å²) >= 11 is 0. The molecule has 2 aliphatic carbocycles. The number of rotatable bonds is 16. The van der Waals surface area contributed by atoms with Crippen molar-refractivity contribution >= 4 is 44.0 Å². The van der Waals surface area contributed by atoms with Crippen LogP contribution in [0.4, 0.5) is 17.1 Å². The van der Waals surface area contributed by atoms with E-state index >= 15 is 0 Å². The predicted molar refractivity (Wildman–Crippen MR) is 286 cm³/mol. The molecule has 2 saturated carbocycles.